The van der Waals surface area contributed by atoms with Gasteiger partial charge in [-0.05, 0) is 50.3 Å². The fourth-order valence-corrected chi connectivity index (χ4v) is 3.91. The number of carboxylic acid groups (broad SMARTS) is 1. The second-order valence-corrected chi connectivity index (χ2v) is 7.35. The van der Waals surface area contributed by atoms with Crippen LogP contribution in [0.3, 0.4) is 0 Å². The summed E-state index contributed by atoms with van der Waals surface area (Å²) in [5.74, 6) is -0.528. The number of carboxylic acids is 1. The van der Waals surface area contributed by atoms with Crippen LogP contribution in [0.2, 0.25) is 6.32 Å². The van der Waals surface area contributed by atoms with E-state index in [1.165, 1.54) is 0 Å². The van der Waals surface area contributed by atoms with E-state index in [9.17, 15) is 19.7 Å². The van der Waals surface area contributed by atoms with Gasteiger partial charge in [0.05, 0.1) is 13.1 Å². The molecule has 4 rings (SSSR count). The van der Waals surface area contributed by atoms with Crippen molar-refractivity contribution < 1.29 is 29.1 Å². The maximum Gasteiger partial charge on any atom is 0.522 e. The molecule has 2 fully saturated rings. The molecule has 0 unspecified atom stereocenters. The summed E-state index contributed by atoms with van der Waals surface area (Å²) in [5.41, 5.74) is 0.691. The van der Waals surface area contributed by atoms with Crippen LogP contribution in [0, 0.1) is 5.92 Å². The molecule has 0 aliphatic carbocycles. The molecule has 1 amide bonds. The van der Waals surface area contributed by atoms with Crippen LogP contribution < -0.4 is 14.7 Å². The Bertz CT molecular complexity index is 746. The first-order valence-electron chi connectivity index (χ1n) is 9.43. The second-order valence-electron chi connectivity index (χ2n) is 7.35. The number of fused-ring (bicyclic) bond motifs is 1. The van der Waals surface area contributed by atoms with Gasteiger partial charge in [-0.3, -0.25) is 4.79 Å². The molecule has 3 aliphatic rings. The lowest BCUT2D eigenvalue weighted by Crippen LogP contribution is -2.58. The topological polar surface area (TPSA) is 108 Å². The molecule has 2 saturated heterocycles. The zero-order valence-electron chi connectivity index (χ0n) is 15.0. The molecule has 0 spiro atoms. The van der Waals surface area contributed by atoms with Gasteiger partial charge in [0.2, 0.25) is 5.91 Å². The minimum absolute atomic E-state index is 0.0608. The van der Waals surface area contributed by atoms with Crippen molar-refractivity contribution in [3.63, 3.8) is 0 Å². The largest absolute Gasteiger partial charge is 0.535 e. The van der Waals surface area contributed by atoms with E-state index in [4.69, 9.17) is 9.39 Å². The fourth-order valence-electron chi connectivity index (χ4n) is 3.91. The molecule has 0 saturated carbocycles. The molecule has 27 heavy (non-hydrogen) atoms. The molecular weight excluding hydrogens is 351 g/mol. The van der Waals surface area contributed by atoms with Crippen LogP contribution in [0.4, 0.5) is 0 Å². The molecule has 0 radical (unpaired) electrons. The van der Waals surface area contributed by atoms with E-state index in [1.807, 2.05) is 0 Å². The Balaban J connectivity index is 1.43. The number of ether oxygens (including phenoxy) is 1. The maximum atomic E-state index is 12.5. The number of amides is 1. The van der Waals surface area contributed by atoms with Crippen molar-refractivity contribution in [1.29, 1.82) is 0 Å². The molecule has 1 aromatic rings. The monoisotopic (exact) mass is 374 g/mol. The smallest absolute Gasteiger partial charge is 0.522 e. The average molecular weight is 374 g/mol. The Kier molecular flexibility index (Phi) is 4.97. The summed E-state index contributed by atoms with van der Waals surface area (Å²) in [6, 6.07) is 3.42. The van der Waals surface area contributed by atoms with Gasteiger partial charge in [-0.25, -0.2) is 4.79 Å². The summed E-state index contributed by atoms with van der Waals surface area (Å²) in [6.07, 6.45) is 2.46. The van der Waals surface area contributed by atoms with Crippen LogP contribution >= 0.6 is 0 Å². The summed E-state index contributed by atoms with van der Waals surface area (Å²) in [4.78, 5) is 26.0. The van der Waals surface area contributed by atoms with E-state index in [2.05, 4.69) is 5.32 Å². The molecule has 1 aromatic carbocycles. The number of hydrogen-bond donors (Lipinski definition) is 3. The Morgan fingerprint density at radius 1 is 1.26 bits per heavy atom. The molecular formula is C18H23BN2O6. The number of likely N-dealkylation sites (tertiary alicyclic amines) is 1. The second kappa shape index (κ2) is 7.40. The highest BCUT2D eigenvalue weighted by molar-refractivity contribution is 6.44. The minimum Gasteiger partial charge on any atom is -0.535 e. The van der Waals surface area contributed by atoms with Gasteiger partial charge in [-0.15, -0.1) is 0 Å². The number of carbonyl (C=O) groups excluding carboxylic acids is 1. The lowest BCUT2D eigenvalue weighted by molar-refractivity contribution is -0.145. The first kappa shape index (κ1) is 18.1. The highest BCUT2D eigenvalue weighted by atomic mass is 16.5. The molecule has 0 aromatic heterocycles. The van der Waals surface area contributed by atoms with Gasteiger partial charge < -0.3 is 29.7 Å². The third-order valence-electron chi connectivity index (χ3n) is 5.47. The van der Waals surface area contributed by atoms with E-state index in [1.54, 1.807) is 17.0 Å². The standard InChI is InChI=1S/C18H23BN2O6/c22-17(12-4-7-20-8-5-12)21-9-13(10-21)26-14-2-1-11-3-6-19(25)27-16(11)15(14)18(23)24/h1-2,12-13,20,25H,3-10H2,(H,23,24). The van der Waals surface area contributed by atoms with Crippen molar-refractivity contribution in [1.82, 2.24) is 10.2 Å². The van der Waals surface area contributed by atoms with Crippen molar-refractivity contribution in [2.75, 3.05) is 26.2 Å². The summed E-state index contributed by atoms with van der Waals surface area (Å²) in [7, 11) is -1.01. The van der Waals surface area contributed by atoms with Gasteiger partial charge in [0.25, 0.3) is 0 Å². The van der Waals surface area contributed by atoms with Crippen molar-refractivity contribution in [3.8, 4) is 11.5 Å². The third kappa shape index (κ3) is 3.61. The quantitative estimate of drug-likeness (QED) is 0.655. The number of aromatic carboxylic acids is 1. The predicted molar refractivity (Wildman–Crippen MR) is 97.1 cm³/mol. The number of nitrogens with zero attached hydrogens (tertiary/aromatic N) is 1. The van der Waals surface area contributed by atoms with Crippen LogP contribution in [0.25, 0.3) is 0 Å². The maximum absolute atomic E-state index is 12.5. The minimum atomic E-state index is -1.15. The van der Waals surface area contributed by atoms with E-state index in [0.29, 0.717) is 25.8 Å². The molecule has 3 aliphatic heterocycles. The van der Waals surface area contributed by atoms with Crippen molar-refractivity contribution in [2.45, 2.75) is 31.7 Å². The Hall–Kier alpha value is -2.26. The Morgan fingerprint density at radius 2 is 2.00 bits per heavy atom. The first-order chi connectivity index (χ1) is 13.0. The van der Waals surface area contributed by atoms with E-state index < -0.39 is 13.1 Å². The van der Waals surface area contributed by atoms with Crippen LogP contribution in [0.15, 0.2) is 12.1 Å². The Labute approximate surface area is 157 Å². The van der Waals surface area contributed by atoms with Crippen LogP contribution in [-0.2, 0) is 11.2 Å². The van der Waals surface area contributed by atoms with Crippen LogP contribution in [0.1, 0.15) is 28.8 Å². The predicted octanol–water partition coefficient (Wildman–Crippen LogP) is 0.389. The van der Waals surface area contributed by atoms with Gasteiger partial charge in [0.15, 0.2) is 0 Å². The highest BCUT2D eigenvalue weighted by Gasteiger charge is 2.37. The zero-order chi connectivity index (χ0) is 19.0. The third-order valence-corrected chi connectivity index (χ3v) is 5.47. The van der Waals surface area contributed by atoms with Gasteiger partial charge in [-0.1, -0.05) is 6.07 Å². The molecule has 0 atom stereocenters. The number of carbonyl (C=O) groups is 2. The number of hydrogen-bond acceptors (Lipinski definition) is 6. The Morgan fingerprint density at radius 3 is 2.70 bits per heavy atom. The van der Waals surface area contributed by atoms with E-state index in [0.717, 1.165) is 31.5 Å². The number of aryl methyl sites for hydroxylation is 1. The van der Waals surface area contributed by atoms with E-state index >= 15 is 0 Å². The van der Waals surface area contributed by atoms with Crippen molar-refractivity contribution in [2.24, 2.45) is 5.92 Å². The lowest BCUT2D eigenvalue weighted by atomic mass is 9.78. The van der Waals surface area contributed by atoms with Crippen molar-refractivity contribution in [3.05, 3.63) is 23.3 Å². The summed E-state index contributed by atoms with van der Waals surface area (Å²) >= 11 is 0. The van der Waals surface area contributed by atoms with Gasteiger partial charge in [0, 0.05) is 5.92 Å². The zero-order valence-corrected chi connectivity index (χ0v) is 15.0. The van der Waals surface area contributed by atoms with Gasteiger partial charge in [-0.2, -0.15) is 0 Å². The molecule has 0 bridgehead atoms. The number of piperidine rings is 1. The number of nitrogens with one attached hydrogen (secondary N) is 1. The molecule has 8 nitrogen and oxygen atoms in total. The van der Waals surface area contributed by atoms with Crippen LogP contribution in [-0.4, -0.2) is 66.3 Å². The highest BCUT2D eigenvalue weighted by Crippen LogP contribution is 2.37. The van der Waals surface area contributed by atoms with Crippen molar-refractivity contribution >= 4 is 19.0 Å². The van der Waals surface area contributed by atoms with Gasteiger partial charge >= 0.3 is 13.1 Å². The molecule has 9 heteroatoms. The summed E-state index contributed by atoms with van der Waals surface area (Å²) in [5, 5.41) is 22.6. The molecule has 3 N–H and O–H groups in total. The lowest BCUT2D eigenvalue weighted by Gasteiger charge is -2.41. The summed E-state index contributed by atoms with van der Waals surface area (Å²) < 4.78 is 11.2. The SMILES string of the molecule is O=C(O)c1c(OC2CN(C(=O)C3CCNCC3)C2)ccc2c1OB(O)CC2. The number of benzene rings is 1. The van der Waals surface area contributed by atoms with Gasteiger partial charge in [0.1, 0.15) is 23.2 Å². The first-order valence-corrected chi connectivity index (χ1v) is 9.43. The number of rotatable bonds is 4. The van der Waals surface area contributed by atoms with E-state index in [-0.39, 0.29) is 35.0 Å². The molecule has 3 heterocycles. The average Bonchev–Trinajstić information content (AvgIpc) is 2.63. The fraction of sp³-hybridized carbons (Fsp3) is 0.556. The van der Waals surface area contributed by atoms with Crippen LogP contribution in [0.5, 0.6) is 11.5 Å². The summed E-state index contributed by atoms with van der Waals surface area (Å²) in [6.45, 7) is 2.66. The molecule has 144 valence electrons. The normalized spacial score (nSPS) is 20.5.